The molecule has 2 heterocycles. The lowest BCUT2D eigenvalue weighted by Gasteiger charge is -2.18. The summed E-state index contributed by atoms with van der Waals surface area (Å²) in [5, 5.41) is 17.9. The second kappa shape index (κ2) is 7.35. The summed E-state index contributed by atoms with van der Waals surface area (Å²) >= 11 is 0. The van der Waals surface area contributed by atoms with Crippen molar-refractivity contribution < 1.29 is 14.3 Å². The van der Waals surface area contributed by atoms with Crippen molar-refractivity contribution in [3.63, 3.8) is 0 Å². The number of nitrogens with one attached hydrogen (secondary N) is 2. The molecule has 0 aliphatic heterocycles. The SMILES string of the molecule is CCn1nc(C)c2c(=O)c(O)c(-c3cc(CNC(=O)C(C)(C)C)ccc3F)[nH]c21. The molecule has 0 aliphatic carbocycles. The summed E-state index contributed by atoms with van der Waals surface area (Å²) < 4.78 is 16.2. The Labute approximate surface area is 167 Å². The van der Waals surface area contributed by atoms with Crippen LogP contribution in [0.1, 0.15) is 39.0 Å². The molecular formula is C21H25FN4O3. The zero-order valence-corrected chi connectivity index (χ0v) is 17.2. The Bertz CT molecular complexity index is 1160. The Balaban J connectivity index is 2.09. The second-order valence-electron chi connectivity index (χ2n) is 8.05. The minimum absolute atomic E-state index is 0.0152. The number of aromatic nitrogens is 3. The van der Waals surface area contributed by atoms with Crippen LogP contribution in [0.2, 0.25) is 0 Å². The maximum atomic E-state index is 14.6. The van der Waals surface area contributed by atoms with E-state index in [1.165, 1.54) is 12.1 Å². The van der Waals surface area contributed by atoms with Crippen LogP contribution in [0.15, 0.2) is 23.0 Å². The van der Waals surface area contributed by atoms with Gasteiger partial charge in [0.25, 0.3) is 0 Å². The molecule has 8 heteroatoms. The Morgan fingerprint density at radius 3 is 2.66 bits per heavy atom. The normalized spacial score (nSPS) is 11.8. The number of rotatable bonds is 4. The summed E-state index contributed by atoms with van der Waals surface area (Å²) in [5.41, 5.74) is 0.437. The Hall–Kier alpha value is -3.16. The highest BCUT2D eigenvalue weighted by Crippen LogP contribution is 2.30. The molecule has 1 aromatic carbocycles. The summed E-state index contributed by atoms with van der Waals surface area (Å²) in [7, 11) is 0. The van der Waals surface area contributed by atoms with E-state index in [1.807, 2.05) is 6.92 Å². The van der Waals surface area contributed by atoms with Gasteiger partial charge in [0.05, 0.1) is 16.8 Å². The van der Waals surface area contributed by atoms with Gasteiger partial charge in [0, 0.05) is 24.1 Å². The third-order valence-corrected chi connectivity index (χ3v) is 4.78. The number of aromatic amines is 1. The van der Waals surface area contributed by atoms with Gasteiger partial charge in [-0.25, -0.2) is 9.07 Å². The molecule has 1 amide bonds. The predicted molar refractivity (Wildman–Crippen MR) is 109 cm³/mol. The summed E-state index contributed by atoms with van der Waals surface area (Å²) in [6.45, 7) is 9.66. The van der Waals surface area contributed by atoms with Crippen molar-refractivity contribution in [2.24, 2.45) is 5.41 Å². The van der Waals surface area contributed by atoms with Crippen LogP contribution in [0.25, 0.3) is 22.3 Å². The van der Waals surface area contributed by atoms with E-state index >= 15 is 0 Å². The van der Waals surface area contributed by atoms with Crippen LogP contribution in [-0.4, -0.2) is 25.8 Å². The van der Waals surface area contributed by atoms with Crippen LogP contribution < -0.4 is 10.7 Å². The zero-order valence-electron chi connectivity index (χ0n) is 17.2. The molecule has 2 aromatic heterocycles. The van der Waals surface area contributed by atoms with Gasteiger partial charge in [0.1, 0.15) is 11.5 Å². The average molecular weight is 400 g/mol. The van der Waals surface area contributed by atoms with Gasteiger partial charge in [0.2, 0.25) is 11.3 Å². The van der Waals surface area contributed by atoms with Gasteiger partial charge in [-0.15, -0.1) is 0 Å². The Kier molecular flexibility index (Phi) is 5.21. The van der Waals surface area contributed by atoms with Crippen LogP contribution in [0.3, 0.4) is 0 Å². The number of pyridine rings is 1. The molecule has 0 saturated carbocycles. The van der Waals surface area contributed by atoms with Crippen molar-refractivity contribution >= 4 is 16.9 Å². The summed E-state index contributed by atoms with van der Waals surface area (Å²) in [6.07, 6.45) is 0. The number of aryl methyl sites for hydroxylation is 2. The molecule has 7 nitrogen and oxygen atoms in total. The molecule has 0 radical (unpaired) electrons. The highest BCUT2D eigenvalue weighted by Gasteiger charge is 2.22. The average Bonchev–Trinajstić information content (AvgIpc) is 2.98. The molecular weight excluding hydrogens is 375 g/mol. The monoisotopic (exact) mass is 400 g/mol. The van der Waals surface area contributed by atoms with E-state index in [9.17, 15) is 19.1 Å². The fourth-order valence-corrected chi connectivity index (χ4v) is 3.14. The topological polar surface area (TPSA) is 100 Å². The fraction of sp³-hybridized carbons (Fsp3) is 0.381. The van der Waals surface area contributed by atoms with Crippen LogP contribution in [0, 0.1) is 18.2 Å². The lowest BCUT2D eigenvalue weighted by atomic mass is 9.95. The van der Waals surface area contributed by atoms with Crippen molar-refractivity contribution in [1.82, 2.24) is 20.1 Å². The molecule has 3 rings (SSSR count). The number of hydrogen-bond donors (Lipinski definition) is 3. The molecule has 3 aromatic rings. The van der Waals surface area contributed by atoms with E-state index in [0.717, 1.165) is 0 Å². The molecule has 0 saturated heterocycles. The number of fused-ring (bicyclic) bond motifs is 1. The molecule has 154 valence electrons. The lowest BCUT2D eigenvalue weighted by molar-refractivity contribution is -0.128. The maximum absolute atomic E-state index is 14.6. The smallest absolute Gasteiger partial charge is 0.235 e. The van der Waals surface area contributed by atoms with Gasteiger partial charge in [-0.2, -0.15) is 5.10 Å². The first-order chi connectivity index (χ1) is 13.5. The second-order valence-corrected chi connectivity index (χ2v) is 8.05. The molecule has 3 N–H and O–H groups in total. The number of hydrogen-bond acceptors (Lipinski definition) is 4. The molecule has 0 fully saturated rings. The van der Waals surface area contributed by atoms with Gasteiger partial charge in [-0.05, 0) is 31.5 Å². The van der Waals surface area contributed by atoms with Gasteiger partial charge >= 0.3 is 0 Å². The number of carbonyl (C=O) groups excluding carboxylic acids is 1. The van der Waals surface area contributed by atoms with Gasteiger partial charge < -0.3 is 15.4 Å². The van der Waals surface area contributed by atoms with Crippen molar-refractivity contribution in [2.45, 2.75) is 47.7 Å². The van der Waals surface area contributed by atoms with Gasteiger partial charge in [-0.1, -0.05) is 26.8 Å². The number of amides is 1. The summed E-state index contributed by atoms with van der Waals surface area (Å²) in [4.78, 5) is 27.8. The first-order valence-electron chi connectivity index (χ1n) is 9.44. The molecule has 0 bridgehead atoms. The van der Waals surface area contributed by atoms with E-state index in [-0.39, 0.29) is 29.1 Å². The number of H-pyrrole nitrogens is 1. The molecule has 0 atom stereocenters. The van der Waals surface area contributed by atoms with Gasteiger partial charge in [-0.3, -0.25) is 9.59 Å². The highest BCUT2D eigenvalue weighted by atomic mass is 19.1. The predicted octanol–water partition coefficient (Wildman–Crippen LogP) is 3.23. The van der Waals surface area contributed by atoms with E-state index < -0.39 is 22.4 Å². The van der Waals surface area contributed by atoms with Crippen LogP contribution >= 0.6 is 0 Å². The number of benzene rings is 1. The number of carbonyl (C=O) groups is 1. The number of halogens is 1. The van der Waals surface area contributed by atoms with Crippen molar-refractivity contribution in [3.05, 3.63) is 45.5 Å². The van der Waals surface area contributed by atoms with E-state index in [2.05, 4.69) is 15.4 Å². The van der Waals surface area contributed by atoms with Gasteiger partial charge in [0.15, 0.2) is 5.75 Å². The summed E-state index contributed by atoms with van der Waals surface area (Å²) in [5.74, 6) is -1.30. The molecule has 0 spiro atoms. The minimum atomic E-state index is -0.600. The standard InChI is InChI=1S/C21H25FN4O3/c1-6-26-19-15(11(2)25-26)17(27)18(28)16(24-19)13-9-12(7-8-14(13)22)10-23-20(29)21(3,4)5/h7-9,28H,6,10H2,1-5H3,(H,23,29)(H,24,27). The Morgan fingerprint density at radius 1 is 1.34 bits per heavy atom. The lowest BCUT2D eigenvalue weighted by Crippen LogP contribution is -2.34. The third-order valence-electron chi connectivity index (χ3n) is 4.78. The molecule has 0 unspecified atom stereocenters. The minimum Gasteiger partial charge on any atom is -0.503 e. The zero-order chi connectivity index (χ0) is 21.5. The summed E-state index contributed by atoms with van der Waals surface area (Å²) in [6, 6.07) is 4.31. The van der Waals surface area contributed by atoms with E-state index in [1.54, 1.807) is 38.4 Å². The van der Waals surface area contributed by atoms with E-state index in [4.69, 9.17) is 0 Å². The first kappa shape index (κ1) is 20.6. The van der Waals surface area contributed by atoms with Crippen LogP contribution in [-0.2, 0) is 17.9 Å². The quantitative estimate of drug-likeness (QED) is 0.626. The number of aromatic hydroxyl groups is 1. The van der Waals surface area contributed by atoms with Crippen LogP contribution in [0.5, 0.6) is 5.75 Å². The van der Waals surface area contributed by atoms with Crippen LogP contribution in [0.4, 0.5) is 4.39 Å². The first-order valence-corrected chi connectivity index (χ1v) is 9.44. The van der Waals surface area contributed by atoms with Crippen molar-refractivity contribution in [2.75, 3.05) is 0 Å². The highest BCUT2D eigenvalue weighted by molar-refractivity contribution is 5.84. The fourth-order valence-electron chi connectivity index (χ4n) is 3.14. The van der Waals surface area contributed by atoms with E-state index in [0.29, 0.717) is 23.4 Å². The van der Waals surface area contributed by atoms with Crippen molar-refractivity contribution in [1.29, 1.82) is 0 Å². The van der Waals surface area contributed by atoms with Crippen molar-refractivity contribution in [3.8, 4) is 17.0 Å². The molecule has 29 heavy (non-hydrogen) atoms. The molecule has 0 aliphatic rings. The number of nitrogens with zero attached hydrogens (tertiary/aromatic N) is 2. The third kappa shape index (κ3) is 3.74. The maximum Gasteiger partial charge on any atom is 0.235 e. The Morgan fingerprint density at radius 2 is 2.03 bits per heavy atom. The largest absolute Gasteiger partial charge is 0.503 e.